The van der Waals surface area contributed by atoms with Crippen molar-refractivity contribution in [3.05, 3.63) is 95.1 Å². The number of hydrogen-bond donors (Lipinski definition) is 3. The molecule has 5 heteroatoms. The summed E-state index contributed by atoms with van der Waals surface area (Å²) in [4.78, 5) is 16.6. The van der Waals surface area contributed by atoms with Crippen LogP contribution in [-0.4, -0.2) is 25.0 Å². The van der Waals surface area contributed by atoms with Gasteiger partial charge in [-0.3, -0.25) is 0 Å². The van der Waals surface area contributed by atoms with E-state index in [1.807, 2.05) is 72.8 Å². The Morgan fingerprint density at radius 2 is 1.16 bits per heavy atom. The summed E-state index contributed by atoms with van der Waals surface area (Å²) in [7, 11) is 0. The van der Waals surface area contributed by atoms with Crippen LogP contribution < -0.4 is 0 Å². The Balaban J connectivity index is 1.73. The molecule has 0 spiro atoms. The molecule has 1 aromatic carbocycles. The number of rotatable bonds is 2. The Hall–Kier alpha value is -4.22. The first kappa shape index (κ1) is 18.5. The zero-order valence-corrected chi connectivity index (χ0v) is 17.2. The Kier molecular flexibility index (Phi) is 4.33. The number of aromatic amines is 2. The number of aliphatic hydroxyl groups excluding tert-OH is 1. The molecule has 0 atom stereocenters. The summed E-state index contributed by atoms with van der Waals surface area (Å²) in [6.45, 7) is -0.0495. The molecule has 4 aromatic rings. The second-order valence-corrected chi connectivity index (χ2v) is 7.87. The summed E-state index contributed by atoms with van der Waals surface area (Å²) >= 11 is 0. The highest BCUT2D eigenvalue weighted by Gasteiger charge is 2.16. The lowest BCUT2D eigenvalue weighted by Crippen LogP contribution is -1.94. The summed E-state index contributed by atoms with van der Waals surface area (Å²) in [6.07, 6.45) is 8.04. The molecule has 2 aliphatic rings. The fourth-order valence-corrected chi connectivity index (χ4v) is 4.19. The zero-order chi connectivity index (χ0) is 21.5. The highest BCUT2D eigenvalue weighted by molar-refractivity contribution is 5.89. The number of nitrogens with one attached hydrogen (secondary N) is 2. The van der Waals surface area contributed by atoms with E-state index in [1.54, 1.807) is 0 Å². The molecule has 0 aliphatic carbocycles. The minimum atomic E-state index is -0.0495. The van der Waals surface area contributed by atoms with Crippen LogP contribution in [0.5, 0.6) is 0 Å². The van der Waals surface area contributed by atoms with Gasteiger partial charge in [-0.1, -0.05) is 24.3 Å². The van der Waals surface area contributed by atoms with Crippen LogP contribution in [0.25, 0.3) is 57.5 Å². The van der Waals surface area contributed by atoms with E-state index in [0.717, 1.165) is 61.5 Å². The topological polar surface area (TPSA) is 77.6 Å². The lowest BCUT2D eigenvalue weighted by atomic mass is 9.97. The number of hydrogen-bond acceptors (Lipinski definition) is 3. The van der Waals surface area contributed by atoms with Gasteiger partial charge < -0.3 is 15.1 Å². The number of nitrogens with zero attached hydrogens (tertiary/aromatic N) is 2. The zero-order valence-electron chi connectivity index (χ0n) is 17.2. The maximum absolute atomic E-state index is 9.97. The average molecular weight is 416 g/mol. The third-order valence-corrected chi connectivity index (χ3v) is 5.67. The van der Waals surface area contributed by atoms with Crippen LogP contribution in [0.1, 0.15) is 28.3 Å². The largest absolute Gasteiger partial charge is 0.392 e. The maximum Gasteiger partial charge on any atom is 0.0737 e. The summed E-state index contributed by atoms with van der Waals surface area (Å²) in [6, 6.07) is 22.2. The van der Waals surface area contributed by atoms with Crippen molar-refractivity contribution in [2.75, 3.05) is 0 Å². The monoisotopic (exact) mass is 416 g/mol. The van der Waals surface area contributed by atoms with Gasteiger partial charge in [-0.2, -0.15) is 0 Å². The smallest absolute Gasteiger partial charge is 0.0737 e. The predicted octanol–water partition coefficient (Wildman–Crippen LogP) is 5.81. The van der Waals surface area contributed by atoms with Crippen molar-refractivity contribution >= 4 is 46.4 Å². The van der Waals surface area contributed by atoms with E-state index in [4.69, 9.17) is 9.97 Å². The van der Waals surface area contributed by atoms with E-state index in [2.05, 4.69) is 28.2 Å². The molecule has 154 valence electrons. The molecule has 0 radical (unpaired) electrons. The van der Waals surface area contributed by atoms with Crippen LogP contribution >= 0.6 is 0 Å². The summed E-state index contributed by atoms with van der Waals surface area (Å²) in [5.41, 5.74) is 10.1. The molecule has 6 rings (SSSR count). The Morgan fingerprint density at radius 3 is 1.72 bits per heavy atom. The van der Waals surface area contributed by atoms with Gasteiger partial charge in [0, 0.05) is 27.6 Å². The van der Waals surface area contributed by atoms with Crippen molar-refractivity contribution in [2.24, 2.45) is 0 Å². The molecular formula is C27H20N4O. The fourth-order valence-electron chi connectivity index (χ4n) is 4.19. The molecule has 3 aromatic heterocycles. The standard InChI is InChI=1S/C27H20N4O/c32-16-17-3-1-2-4-24(17)27-25-11-9-22(30-25)14-20-7-5-18(28-20)13-19-6-8-21(29-19)15-23-10-12-26(27)31-23/h1-15,28-29,32H,16H2. The van der Waals surface area contributed by atoms with Crippen molar-refractivity contribution in [1.29, 1.82) is 0 Å². The van der Waals surface area contributed by atoms with E-state index in [1.165, 1.54) is 0 Å². The molecule has 0 saturated heterocycles. The second kappa shape index (κ2) is 7.48. The second-order valence-electron chi connectivity index (χ2n) is 7.87. The van der Waals surface area contributed by atoms with Crippen molar-refractivity contribution in [3.63, 3.8) is 0 Å². The normalized spacial score (nSPS) is 12.4. The molecule has 5 nitrogen and oxygen atoms in total. The van der Waals surface area contributed by atoms with E-state index in [-0.39, 0.29) is 6.61 Å². The SMILES string of the molecule is OCc1ccccc1-c1c2nc(cc3ccc(cc4ccc(cc5nc1C=C5)[nH]4)[nH]3)C=C2. The van der Waals surface area contributed by atoms with Crippen LogP contribution in [0, 0.1) is 0 Å². The highest BCUT2D eigenvalue weighted by atomic mass is 16.3. The molecule has 0 fully saturated rings. The molecule has 0 unspecified atom stereocenters. The molecule has 0 saturated carbocycles. The van der Waals surface area contributed by atoms with Crippen molar-refractivity contribution in [1.82, 2.24) is 19.9 Å². The number of aliphatic hydroxyl groups is 1. The van der Waals surface area contributed by atoms with Gasteiger partial charge in [0.05, 0.1) is 29.4 Å². The summed E-state index contributed by atoms with van der Waals surface area (Å²) in [5, 5.41) is 9.97. The Bertz CT molecular complexity index is 1480. The fraction of sp³-hybridized carbons (Fsp3) is 0.0370. The lowest BCUT2D eigenvalue weighted by molar-refractivity contribution is 0.282. The number of fused-ring (bicyclic) bond motifs is 8. The van der Waals surface area contributed by atoms with Gasteiger partial charge in [0.1, 0.15) is 0 Å². The molecule has 0 amide bonds. The van der Waals surface area contributed by atoms with Crippen LogP contribution in [0.15, 0.2) is 66.7 Å². The van der Waals surface area contributed by atoms with Crippen LogP contribution in [0.2, 0.25) is 0 Å². The molecule has 32 heavy (non-hydrogen) atoms. The number of aromatic nitrogens is 4. The minimum Gasteiger partial charge on any atom is -0.392 e. The molecule has 3 N–H and O–H groups in total. The quantitative estimate of drug-likeness (QED) is 0.333. The minimum absolute atomic E-state index is 0.0495. The van der Waals surface area contributed by atoms with Crippen molar-refractivity contribution in [3.8, 4) is 11.1 Å². The van der Waals surface area contributed by atoms with E-state index >= 15 is 0 Å². The molecular weight excluding hydrogens is 396 g/mol. The molecule has 8 bridgehead atoms. The number of benzene rings is 1. The number of H-pyrrole nitrogens is 2. The van der Waals surface area contributed by atoms with Crippen LogP contribution in [-0.2, 0) is 6.61 Å². The van der Waals surface area contributed by atoms with Gasteiger partial charge in [0.2, 0.25) is 0 Å². The Labute approximate surface area is 184 Å². The van der Waals surface area contributed by atoms with Gasteiger partial charge in [-0.15, -0.1) is 0 Å². The third-order valence-electron chi connectivity index (χ3n) is 5.67. The molecule has 2 aliphatic heterocycles. The van der Waals surface area contributed by atoms with E-state index < -0.39 is 0 Å². The highest BCUT2D eigenvalue weighted by Crippen LogP contribution is 2.33. The summed E-state index contributed by atoms with van der Waals surface area (Å²) < 4.78 is 0. The first-order valence-electron chi connectivity index (χ1n) is 10.5. The van der Waals surface area contributed by atoms with Gasteiger partial charge in [0.25, 0.3) is 0 Å². The van der Waals surface area contributed by atoms with Crippen molar-refractivity contribution < 1.29 is 5.11 Å². The van der Waals surface area contributed by atoms with E-state index in [0.29, 0.717) is 0 Å². The van der Waals surface area contributed by atoms with Gasteiger partial charge in [-0.25, -0.2) is 9.97 Å². The first-order valence-corrected chi connectivity index (χ1v) is 10.5. The van der Waals surface area contributed by atoms with Crippen LogP contribution in [0.3, 0.4) is 0 Å². The average Bonchev–Trinajstić information content (AvgIpc) is 3.60. The van der Waals surface area contributed by atoms with Gasteiger partial charge >= 0.3 is 0 Å². The Morgan fingerprint density at radius 1 is 0.625 bits per heavy atom. The van der Waals surface area contributed by atoms with Crippen molar-refractivity contribution in [2.45, 2.75) is 6.61 Å². The van der Waals surface area contributed by atoms with E-state index in [9.17, 15) is 5.11 Å². The predicted molar refractivity (Wildman–Crippen MR) is 130 cm³/mol. The third kappa shape index (κ3) is 3.35. The lowest BCUT2D eigenvalue weighted by Gasteiger charge is -2.09. The maximum atomic E-state index is 9.97. The van der Waals surface area contributed by atoms with Gasteiger partial charge in [-0.05, 0) is 77.9 Å². The summed E-state index contributed by atoms with van der Waals surface area (Å²) in [5.74, 6) is 0. The first-order chi connectivity index (χ1) is 15.7. The van der Waals surface area contributed by atoms with Crippen LogP contribution in [0.4, 0.5) is 0 Å². The van der Waals surface area contributed by atoms with Gasteiger partial charge in [0.15, 0.2) is 0 Å². The molecule has 5 heterocycles.